The van der Waals surface area contributed by atoms with Crippen LogP contribution in [-0.2, 0) is 4.79 Å². The zero-order valence-corrected chi connectivity index (χ0v) is 15.7. The van der Waals surface area contributed by atoms with Gasteiger partial charge < -0.3 is 4.57 Å². The fourth-order valence-electron chi connectivity index (χ4n) is 4.20. The lowest BCUT2D eigenvalue weighted by atomic mass is 9.91. The number of aromatic nitrogens is 1. The number of nitrogens with one attached hydrogen (secondary N) is 1. The van der Waals surface area contributed by atoms with Crippen LogP contribution in [0.5, 0.6) is 0 Å². The Labute approximate surface area is 158 Å². The molecule has 0 spiro atoms. The predicted octanol–water partition coefficient (Wildman–Crippen LogP) is 4.81. The van der Waals surface area contributed by atoms with E-state index < -0.39 is 0 Å². The molecule has 3 aromatic rings. The van der Waals surface area contributed by atoms with Gasteiger partial charge >= 0.3 is 0 Å². The molecule has 1 fully saturated rings. The molecule has 1 atom stereocenters. The average molecular weight is 357 g/mol. The molecular formula is C23H23N3O. The van der Waals surface area contributed by atoms with Crippen LogP contribution in [0.1, 0.15) is 43.4 Å². The van der Waals surface area contributed by atoms with E-state index in [1.54, 1.807) is 0 Å². The highest BCUT2D eigenvalue weighted by molar-refractivity contribution is 6.06. The van der Waals surface area contributed by atoms with E-state index in [4.69, 9.17) is 0 Å². The van der Waals surface area contributed by atoms with Crippen molar-refractivity contribution in [3.05, 3.63) is 59.8 Å². The minimum atomic E-state index is -0.00697. The fraction of sp³-hybridized carbons (Fsp3) is 0.304. The number of para-hydroxylation sites is 1. The number of rotatable bonds is 3. The van der Waals surface area contributed by atoms with Gasteiger partial charge in [0.25, 0.3) is 0 Å². The van der Waals surface area contributed by atoms with Crippen molar-refractivity contribution in [1.82, 2.24) is 9.99 Å². The van der Waals surface area contributed by atoms with Crippen LogP contribution >= 0.6 is 0 Å². The lowest BCUT2D eigenvalue weighted by Crippen LogP contribution is -2.31. The van der Waals surface area contributed by atoms with Crippen molar-refractivity contribution >= 4 is 22.5 Å². The SMILES string of the molecule is Cc1cc(C2=NNC(=O)CC2C)ccc1-c1cn(C2CC2)c2ccccc12. The number of amides is 1. The zero-order chi connectivity index (χ0) is 18.5. The first-order chi connectivity index (χ1) is 13.1. The molecule has 1 saturated carbocycles. The molecule has 136 valence electrons. The van der Waals surface area contributed by atoms with Crippen LogP contribution in [-0.4, -0.2) is 16.2 Å². The van der Waals surface area contributed by atoms with Crippen molar-refractivity contribution in [3.63, 3.8) is 0 Å². The molecular weight excluding hydrogens is 334 g/mol. The third-order valence-electron chi connectivity index (χ3n) is 5.75. The summed E-state index contributed by atoms with van der Waals surface area (Å²) in [6.45, 7) is 4.22. The number of fused-ring (bicyclic) bond motifs is 1. The lowest BCUT2D eigenvalue weighted by Gasteiger charge is -2.20. The van der Waals surface area contributed by atoms with Crippen LogP contribution in [0.2, 0.25) is 0 Å². The molecule has 1 N–H and O–H groups in total. The van der Waals surface area contributed by atoms with Gasteiger partial charge in [-0.2, -0.15) is 5.10 Å². The van der Waals surface area contributed by atoms with E-state index in [0.29, 0.717) is 12.5 Å². The zero-order valence-electron chi connectivity index (χ0n) is 15.7. The maximum absolute atomic E-state index is 11.5. The summed E-state index contributed by atoms with van der Waals surface area (Å²) in [5.74, 6) is 0.133. The molecule has 1 aromatic heterocycles. The predicted molar refractivity (Wildman–Crippen MR) is 109 cm³/mol. The lowest BCUT2D eigenvalue weighted by molar-refractivity contribution is -0.121. The molecule has 1 aliphatic heterocycles. The smallest absolute Gasteiger partial charge is 0.240 e. The third-order valence-corrected chi connectivity index (χ3v) is 5.75. The minimum absolute atomic E-state index is 0.00697. The van der Waals surface area contributed by atoms with Crippen LogP contribution in [0.3, 0.4) is 0 Å². The Morgan fingerprint density at radius 2 is 1.93 bits per heavy atom. The summed E-state index contributed by atoms with van der Waals surface area (Å²) in [6, 6.07) is 15.9. The number of hydrogen-bond donors (Lipinski definition) is 1. The first kappa shape index (κ1) is 16.3. The quantitative estimate of drug-likeness (QED) is 0.718. The minimum Gasteiger partial charge on any atom is -0.344 e. The van der Waals surface area contributed by atoms with E-state index in [2.05, 4.69) is 77.6 Å². The molecule has 4 heteroatoms. The number of hydrazone groups is 1. The van der Waals surface area contributed by atoms with Gasteiger partial charge in [-0.3, -0.25) is 4.79 Å². The van der Waals surface area contributed by atoms with Gasteiger partial charge in [-0.15, -0.1) is 0 Å². The maximum atomic E-state index is 11.5. The highest BCUT2D eigenvalue weighted by atomic mass is 16.2. The molecule has 5 rings (SSSR count). The van der Waals surface area contributed by atoms with Gasteiger partial charge in [0, 0.05) is 41.0 Å². The second-order valence-corrected chi connectivity index (χ2v) is 7.87. The molecule has 1 unspecified atom stereocenters. The summed E-state index contributed by atoms with van der Waals surface area (Å²) in [5.41, 5.74) is 9.80. The van der Waals surface area contributed by atoms with Crippen LogP contribution < -0.4 is 5.43 Å². The Hall–Kier alpha value is -2.88. The van der Waals surface area contributed by atoms with Gasteiger partial charge in [0.15, 0.2) is 0 Å². The molecule has 0 radical (unpaired) electrons. The van der Waals surface area contributed by atoms with E-state index in [9.17, 15) is 4.79 Å². The molecule has 0 bridgehead atoms. The van der Waals surface area contributed by atoms with Crippen molar-refractivity contribution in [2.75, 3.05) is 0 Å². The van der Waals surface area contributed by atoms with Gasteiger partial charge in [-0.05, 0) is 48.6 Å². The largest absolute Gasteiger partial charge is 0.344 e. The molecule has 4 nitrogen and oxygen atoms in total. The van der Waals surface area contributed by atoms with Gasteiger partial charge in [-0.1, -0.05) is 37.3 Å². The van der Waals surface area contributed by atoms with Gasteiger partial charge in [0.2, 0.25) is 5.91 Å². The summed E-state index contributed by atoms with van der Waals surface area (Å²) in [5, 5.41) is 5.62. The van der Waals surface area contributed by atoms with Crippen molar-refractivity contribution in [2.24, 2.45) is 11.0 Å². The van der Waals surface area contributed by atoms with Crippen LogP contribution in [0, 0.1) is 12.8 Å². The van der Waals surface area contributed by atoms with Crippen molar-refractivity contribution < 1.29 is 4.79 Å². The van der Waals surface area contributed by atoms with Gasteiger partial charge in [-0.25, -0.2) is 5.43 Å². The second-order valence-electron chi connectivity index (χ2n) is 7.87. The van der Waals surface area contributed by atoms with E-state index in [-0.39, 0.29) is 11.8 Å². The Morgan fingerprint density at radius 1 is 1.11 bits per heavy atom. The third kappa shape index (κ3) is 2.76. The van der Waals surface area contributed by atoms with E-state index in [0.717, 1.165) is 11.3 Å². The maximum Gasteiger partial charge on any atom is 0.240 e. The monoisotopic (exact) mass is 357 g/mol. The Bertz CT molecular complexity index is 1090. The van der Waals surface area contributed by atoms with Crippen molar-refractivity contribution in [2.45, 2.75) is 39.2 Å². The van der Waals surface area contributed by atoms with Crippen LogP contribution in [0.15, 0.2) is 53.8 Å². The average Bonchev–Trinajstić information content (AvgIpc) is 3.43. The summed E-state index contributed by atoms with van der Waals surface area (Å²) in [7, 11) is 0. The van der Waals surface area contributed by atoms with Crippen molar-refractivity contribution in [1.29, 1.82) is 0 Å². The van der Waals surface area contributed by atoms with E-state index >= 15 is 0 Å². The summed E-state index contributed by atoms with van der Waals surface area (Å²) in [4.78, 5) is 11.5. The number of aryl methyl sites for hydroxylation is 1. The molecule has 2 aliphatic rings. The van der Waals surface area contributed by atoms with Gasteiger partial charge in [0.05, 0.1) is 5.71 Å². The van der Waals surface area contributed by atoms with Gasteiger partial charge in [0.1, 0.15) is 0 Å². The first-order valence-corrected chi connectivity index (χ1v) is 9.69. The summed E-state index contributed by atoms with van der Waals surface area (Å²) < 4.78 is 2.45. The number of carbonyl (C=O) groups is 1. The summed E-state index contributed by atoms with van der Waals surface area (Å²) >= 11 is 0. The highest BCUT2D eigenvalue weighted by Gasteiger charge is 2.26. The number of benzene rings is 2. The second kappa shape index (κ2) is 6.08. The number of carbonyl (C=O) groups excluding carboxylic acids is 1. The van der Waals surface area contributed by atoms with Crippen molar-refractivity contribution in [3.8, 4) is 11.1 Å². The number of nitrogens with zero attached hydrogens (tertiary/aromatic N) is 2. The van der Waals surface area contributed by atoms with E-state index in [1.165, 1.54) is 40.4 Å². The highest BCUT2D eigenvalue weighted by Crippen LogP contribution is 2.42. The molecule has 1 aliphatic carbocycles. The van der Waals surface area contributed by atoms with Crippen LogP contribution in [0.25, 0.3) is 22.0 Å². The number of hydrogen-bond acceptors (Lipinski definition) is 2. The molecule has 0 saturated heterocycles. The molecule has 1 amide bonds. The topological polar surface area (TPSA) is 46.4 Å². The normalized spacial score (nSPS) is 19.9. The molecule has 27 heavy (non-hydrogen) atoms. The fourth-order valence-corrected chi connectivity index (χ4v) is 4.20. The standard InChI is InChI=1S/C23H23N3O/c1-14-11-16(23-15(2)12-22(27)24-25-23)7-10-18(14)20-13-26(17-8-9-17)21-6-4-3-5-19(20)21/h3-7,10-11,13,15,17H,8-9,12H2,1-2H3,(H,24,27). The Kier molecular flexibility index (Phi) is 3.67. The Morgan fingerprint density at radius 3 is 2.67 bits per heavy atom. The Balaban J connectivity index is 1.59. The molecule has 2 aromatic carbocycles. The van der Waals surface area contributed by atoms with Crippen LogP contribution in [0.4, 0.5) is 0 Å². The first-order valence-electron chi connectivity index (χ1n) is 9.69. The molecule has 2 heterocycles. The summed E-state index contributed by atoms with van der Waals surface area (Å²) in [6.07, 6.45) is 5.37. The van der Waals surface area contributed by atoms with E-state index in [1.807, 2.05) is 0 Å².